The second kappa shape index (κ2) is 11.5. The van der Waals surface area contributed by atoms with Crippen molar-refractivity contribution in [1.82, 2.24) is 0 Å². The summed E-state index contributed by atoms with van der Waals surface area (Å²) >= 11 is 0. The van der Waals surface area contributed by atoms with Gasteiger partial charge < -0.3 is 0 Å². The molecular formula is C18H25F9N+. The molecule has 0 aliphatic heterocycles. The molecule has 1 heterocycles. The standard InChI is InChI=1S/C14H24N.C4HF9/c1-3-4-5-6-7-8-11-15-12-9-14(2)10-13-15;5-1(6)2(7,8)3(9,10)4(11,12)13/h9-10,12-13H,3-8,11H2,1-2H3;1H/q+1;. The average molecular weight is 426 g/mol. The Labute approximate surface area is 158 Å². The molecule has 164 valence electrons. The van der Waals surface area contributed by atoms with Gasteiger partial charge in [0.05, 0.1) is 0 Å². The monoisotopic (exact) mass is 426 g/mol. The van der Waals surface area contributed by atoms with Gasteiger partial charge in [-0.15, -0.1) is 0 Å². The van der Waals surface area contributed by atoms with E-state index >= 15 is 0 Å². The van der Waals surface area contributed by atoms with E-state index in [4.69, 9.17) is 0 Å². The molecule has 1 rings (SSSR count). The van der Waals surface area contributed by atoms with Crippen LogP contribution in [0.3, 0.4) is 0 Å². The summed E-state index contributed by atoms with van der Waals surface area (Å²) in [7, 11) is 0. The predicted molar refractivity (Wildman–Crippen MR) is 86.7 cm³/mol. The number of rotatable bonds is 9. The number of nitrogens with zero attached hydrogens (tertiary/aromatic N) is 1. The first-order valence-corrected chi connectivity index (χ1v) is 8.83. The molecule has 0 aliphatic rings. The van der Waals surface area contributed by atoms with E-state index in [1.54, 1.807) is 0 Å². The van der Waals surface area contributed by atoms with Gasteiger partial charge in [0.1, 0.15) is 6.54 Å². The molecule has 0 aromatic carbocycles. The van der Waals surface area contributed by atoms with E-state index < -0.39 is 24.4 Å². The van der Waals surface area contributed by atoms with Crippen molar-refractivity contribution in [3.8, 4) is 0 Å². The topological polar surface area (TPSA) is 3.88 Å². The Balaban J connectivity index is 0.000000528. The van der Waals surface area contributed by atoms with E-state index in [2.05, 4.69) is 42.9 Å². The molecule has 28 heavy (non-hydrogen) atoms. The lowest BCUT2D eigenvalue weighted by atomic mass is 10.1. The van der Waals surface area contributed by atoms with Crippen molar-refractivity contribution < 1.29 is 44.1 Å². The molecule has 0 unspecified atom stereocenters. The summed E-state index contributed by atoms with van der Waals surface area (Å²) in [6.07, 6.45) is 0.831. The van der Waals surface area contributed by atoms with Crippen LogP contribution in [0.2, 0.25) is 0 Å². The molecule has 0 aliphatic carbocycles. The van der Waals surface area contributed by atoms with Crippen LogP contribution in [0, 0.1) is 6.92 Å². The molecule has 0 bridgehead atoms. The van der Waals surface area contributed by atoms with Crippen molar-refractivity contribution in [2.45, 2.75) is 83.4 Å². The van der Waals surface area contributed by atoms with Gasteiger partial charge in [0.25, 0.3) is 0 Å². The van der Waals surface area contributed by atoms with Gasteiger partial charge in [0.2, 0.25) is 0 Å². The zero-order chi connectivity index (χ0) is 22.0. The SMILES string of the molecule is CCCCCCCC[n+]1ccc(C)cc1.FC(F)C(F)(F)C(F)(F)C(F)(F)F. The van der Waals surface area contributed by atoms with Crippen molar-refractivity contribution in [2.24, 2.45) is 0 Å². The Morgan fingerprint density at radius 3 is 1.68 bits per heavy atom. The van der Waals surface area contributed by atoms with Crippen LogP contribution < -0.4 is 4.57 Å². The first-order valence-electron chi connectivity index (χ1n) is 8.83. The van der Waals surface area contributed by atoms with Crippen LogP contribution in [-0.4, -0.2) is 24.4 Å². The number of hydrogen-bond donors (Lipinski definition) is 0. The molecule has 1 nitrogen and oxygen atoms in total. The zero-order valence-electron chi connectivity index (χ0n) is 15.7. The summed E-state index contributed by atoms with van der Waals surface area (Å²) in [6.45, 7) is 5.57. The molecule has 0 radical (unpaired) electrons. The number of hydrogen-bond acceptors (Lipinski definition) is 0. The van der Waals surface area contributed by atoms with Crippen LogP contribution in [0.5, 0.6) is 0 Å². The lowest BCUT2D eigenvalue weighted by Crippen LogP contribution is -2.55. The van der Waals surface area contributed by atoms with Crippen LogP contribution in [0.15, 0.2) is 24.5 Å². The second-order valence-corrected chi connectivity index (χ2v) is 6.38. The quantitative estimate of drug-likeness (QED) is 0.234. The molecule has 0 atom stereocenters. The minimum absolute atomic E-state index is 1.17. The normalized spacial score (nSPS) is 12.7. The van der Waals surface area contributed by atoms with Crippen LogP contribution in [0.4, 0.5) is 39.5 Å². The molecule has 0 N–H and O–H groups in total. The molecule has 0 amide bonds. The van der Waals surface area contributed by atoms with Crippen molar-refractivity contribution in [1.29, 1.82) is 0 Å². The third-order valence-corrected chi connectivity index (χ3v) is 3.88. The zero-order valence-corrected chi connectivity index (χ0v) is 15.7. The van der Waals surface area contributed by atoms with Gasteiger partial charge in [0, 0.05) is 18.6 Å². The van der Waals surface area contributed by atoms with Crippen molar-refractivity contribution in [3.05, 3.63) is 30.1 Å². The Morgan fingerprint density at radius 1 is 0.821 bits per heavy atom. The first-order chi connectivity index (χ1) is 12.8. The lowest BCUT2D eigenvalue weighted by molar-refractivity contribution is -0.697. The fourth-order valence-corrected chi connectivity index (χ4v) is 2.08. The Kier molecular flexibility index (Phi) is 10.9. The summed E-state index contributed by atoms with van der Waals surface area (Å²) in [6, 6.07) is 4.36. The van der Waals surface area contributed by atoms with E-state index in [0.29, 0.717) is 0 Å². The predicted octanol–water partition coefficient (Wildman–Crippen LogP) is 6.73. The van der Waals surface area contributed by atoms with Crippen molar-refractivity contribution in [3.63, 3.8) is 0 Å². The number of pyridine rings is 1. The molecule has 1 aromatic heterocycles. The van der Waals surface area contributed by atoms with Crippen molar-refractivity contribution >= 4 is 0 Å². The van der Waals surface area contributed by atoms with E-state index in [-0.39, 0.29) is 0 Å². The maximum atomic E-state index is 11.6. The second-order valence-electron chi connectivity index (χ2n) is 6.38. The lowest BCUT2D eigenvalue weighted by Gasteiger charge is -2.27. The maximum absolute atomic E-state index is 11.6. The number of unbranched alkanes of at least 4 members (excludes halogenated alkanes) is 5. The largest absolute Gasteiger partial charge is 0.460 e. The molecule has 0 saturated heterocycles. The molecule has 0 spiro atoms. The van der Waals surface area contributed by atoms with E-state index in [1.165, 1.54) is 50.6 Å². The first kappa shape index (κ1) is 26.5. The van der Waals surface area contributed by atoms with Gasteiger partial charge in [-0.1, -0.05) is 32.6 Å². The minimum atomic E-state index is -6.73. The fraction of sp³-hybridized carbons (Fsp3) is 0.722. The van der Waals surface area contributed by atoms with Gasteiger partial charge in [-0.3, -0.25) is 0 Å². The van der Waals surface area contributed by atoms with Crippen LogP contribution in [-0.2, 0) is 6.54 Å². The highest BCUT2D eigenvalue weighted by molar-refractivity contribution is 5.03. The third kappa shape index (κ3) is 8.26. The molecule has 0 fully saturated rings. The summed E-state index contributed by atoms with van der Waals surface area (Å²) in [5.41, 5.74) is 1.34. The van der Waals surface area contributed by atoms with Crippen molar-refractivity contribution in [2.75, 3.05) is 0 Å². The summed E-state index contributed by atoms with van der Waals surface area (Å²) in [4.78, 5) is 0. The average Bonchev–Trinajstić information content (AvgIpc) is 2.59. The fourth-order valence-electron chi connectivity index (χ4n) is 2.08. The van der Waals surface area contributed by atoms with E-state index in [9.17, 15) is 39.5 Å². The highest BCUT2D eigenvalue weighted by Gasteiger charge is 2.76. The Morgan fingerprint density at radius 2 is 1.29 bits per heavy atom. The van der Waals surface area contributed by atoms with Gasteiger partial charge in [-0.25, -0.2) is 13.3 Å². The summed E-state index contributed by atoms with van der Waals surface area (Å²) in [5.74, 6) is -13.1. The van der Waals surface area contributed by atoms with Crippen LogP contribution in [0.25, 0.3) is 0 Å². The number of aryl methyl sites for hydroxylation is 2. The van der Waals surface area contributed by atoms with Gasteiger partial charge in [0.15, 0.2) is 12.4 Å². The van der Waals surface area contributed by atoms with Gasteiger partial charge in [-0.05, 0) is 18.9 Å². The highest BCUT2D eigenvalue weighted by atomic mass is 19.4. The van der Waals surface area contributed by atoms with Gasteiger partial charge >= 0.3 is 24.4 Å². The molecule has 10 heteroatoms. The molecular weight excluding hydrogens is 401 g/mol. The Bertz CT molecular complexity index is 539. The number of halogens is 9. The molecule has 1 aromatic rings. The molecule has 0 saturated carbocycles. The van der Waals surface area contributed by atoms with Crippen LogP contribution >= 0.6 is 0 Å². The third-order valence-electron chi connectivity index (χ3n) is 3.88. The number of alkyl halides is 9. The van der Waals surface area contributed by atoms with Crippen LogP contribution in [0.1, 0.15) is 51.0 Å². The minimum Gasteiger partial charge on any atom is -0.205 e. The van der Waals surface area contributed by atoms with E-state index in [1.807, 2.05) is 0 Å². The maximum Gasteiger partial charge on any atom is 0.460 e. The number of aromatic nitrogens is 1. The smallest absolute Gasteiger partial charge is 0.205 e. The van der Waals surface area contributed by atoms with Gasteiger partial charge in [-0.2, -0.15) is 30.7 Å². The summed E-state index contributed by atoms with van der Waals surface area (Å²) < 4.78 is 104. The Hall–Kier alpha value is -1.48. The highest BCUT2D eigenvalue weighted by Crippen LogP contribution is 2.48. The summed E-state index contributed by atoms with van der Waals surface area (Å²) in [5, 5.41) is 0. The van der Waals surface area contributed by atoms with E-state index in [0.717, 1.165) is 0 Å².